The highest BCUT2D eigenvalue weighted by molar-refractivity contribution is 5.51. The average molecular weight is 337 g/mol. The molecule has 0 amide bonds. The Balaban J connectivity index is 1.45. The summed E-state index contributed by atoms with van der Waals surface area (Å²) in [6.45, 7) is 4.65. The molecule has 6 nitrogen and oxygen atoms in total. The Morgan fingerprint density at radius 3 is 2.64 bits per heavy atom. The third-order valence-corrected chi connectivity index (χ3v) is 4.14. The van der Waals surface area contributed by atoms with Gasteiger partial charge in [0.15, 0.2) is 11.5 Å². The monoisotopic (exact) mass is 337 g/mol. The number of hydrogen-bond acceptors (Lipinski definition) is 6. The van der Waals surface area contributed by atoms with Gasteiger partial charge in [0, 0.05) is 12.1 Å². The molecule has 1 aliphatic rings. The maximum Gasteiger partial charge on any atom is 0.247 e. The Morgan fingerprint density at radius 2 is 1.80 bits per heavy atom. The molecule has 0 unspecified atom stereocenters. The summed E-state index contributed by atoms with van der Waals surface area (Å²) in [6, 6.07) is 15.8. The fourth-order valence-electron chi connectivity index (χ4n) is 2.78. The molecule has 25 heavy (non-hydrogen) atoms. The van der Waals surface area contributed by atoms with Crippen LogP contribution >= 0.6 is 0 Å². The van der Waals surface area contributed by atoms with Crippen molar-refractivity contribution in [2.75, 3.05) is 13.3 Å². The van der Waals surface area contributed by atoms with Crippen molar-refractivity contribution in [2.24, 2.45) is 0 Å². The predicted octanol–water partition coefficient (Wildman–Crippen LogP) is 3.49. The fraction of sp³-hybridized carbons (Fsp3) is 0.263. The van der Waals surface area contributed by atoms with Gasteiger partial charge in [0.1, 0.15) is 0 Å². The summed E-state index contributed by atoms with van der Waals surface area (Å²) >= 11 is 0. The lowest BCUT2D eigenvalue weighted by Gasteiger charge is -2.18. The molecule has 2 heterocycles. The number of nitrogens with zero attached hydrogens (tertiary/aromatic N) is 3. The molecule has 0 atom stereocenters. The highest BCUT2D eigenvalue weighted by atomic mass is 16.7. The van der Waals surface area contributed by atoms with Gasteiger partial charge in [0.25, 0.3) is 0 Å². The van der Waals surface area contributed by atoms with Gasteiger partial charge >= 0.3 is 0 Å². The maximum absolute atomic E-state index is 5.81. The van der Waals surface area contributed by atoms with E-state index in [2.05, 4.69) is 28.1 Å². The smallest absolute Gasteiger partial charge is 0.247 e. The van der Waals surface area contributed by atoms with Crippen LogP contribution in [0.5, 0.6) is 11.5 Å². The molecule has 1 aromatic heterocycles. The van der Waals surface area contributed by atoms with Gasteiger partial charge in [0.2, 0.25) is 18.6 Å². The molecule has 0 spiro atoms. The zero-order valence-electron chi connectivity index (χ0n) is 14.0. The van der Waals surface area contributed by atoms with E-state index in [-0.39, 0.29) is 0 Å². The van der Waals surface area contributed by atoms with Crippen LogP contribution in [0.25, 0.3) is 11.5 Å². The summed E-state index contributed by atoms with van der Waals surface area (Å²) in [7, 11) is 0. The Kier molecular flexibility index (Phi) is 4.35. The Morgan fingerprint density at radius 1 is 0.960 bits per heavy atom. The van der Waals surface area contributed by atoms with Crippen molar-refractivity contribution < 1.29 is 13.9 Å². The molecule has 0 aliphatic carbocycles. The van der Waals surface area contributed by atoms with Crippen molar-refractivity contribution in [3.8, 4) is 23.0 Å². The summed E-state index contributed by atoms with van der Waals surface area (Å²) < 4.78 is 16.6. The number of aromatic nitrogens is 2. The third kappa shape index (κ3) is 3.49. The summed E-state index contributed by atoms with van der Waals surface area (Å²) in [6.07, 6.45) is 0. The highest BCUT2D eigenvalue weighted by Crippen LogP contribution is 2.32. The second-order valence-electron chi connectivity index (χ2n) is 5.86. The van der Waals surface area contributed by atoms with Gasteiger partial charge in [-0.1, -0.05) is 31.2 Å². The quantitative estimate of drug-likeness (QED) is 0.686. The van der Waals surface area contributed by atoms with Crippen LogP contribution < -0.4 is 9.47 Å². The van der Waals surface area contributed by atoms with Crippen LogP contribution in [0, 0.1) is 0 Å². The highest BCUT2D eigenvalue weighted by Gasteiger charge is 2.16. The van der Waals surface area contributed by atoms with Crippen LogP contribution in [0.3, 0.4) is 0 Å². The molecule has 0 bridgehead atoms. The van der Waals surface area contributed by atoms with Crippen LogP contribution in [0.2, 0.25) is 0 Å². The zero-order valence-corrected chi connectivity index (χ0v) is 14.0. The molecule has 2 aromatic carbocycles. The lowest BCUT2D eigenvalue weighted by Crippen LogP contribution is -2.22. The molecule has 6 heteroatoms. The molecule has 0 N–H and O–H groups in total. The molecule has 1 aliphatic heterocycles. The first-order chi connectivity index (χ1) is 12.3. The first-order valence-electron chi connectivity index (χ1n) is 8.30. The molecule has 0 saturated heterocycles. The molecule has 3 aromatic rings. The minimum Gasteiger partial charge on any atom is -0.454 e. The average Bonchev–Trinajstić information content (AvgIpc) is 3.30. The van der Waals surface area contributed by atoms with E-state index >= 15 is 0 Å². The second-order valence-corrected chi connectivity index (χ2v) is 5.86. The summed E-state index contributed by atoms with van der Waals surface area (Å²) in [5.74, 6) is 2.77. The number of rotatable bonds is 6. The van der Waals surface area contributed by atoms with Gasteiger partial charge < -0.3 is 13.9 Å². The van der Waals surface area contributed by atoms with E-state index in [4.69, 9.17) is 13.9 Å². The van der Waals surface area contributed by atoms with Crippen LogP contribution in [-0.4, -0.2) is 28.4 Å². The summed E-state index contributed by atoms with van der Waals surface area (Å²) in [5, 5.41) is 8.32. The predicted molar refractivity (Wildman–Crippen MR) is 92.1 cm³/mol. The lowest BCUT2D eigenvalue weighted by atomic mass is 10.2. The fourth-order valence-corrected chi connectivity index (χ4v) is 2.78. The largest absolute Gasteiger partial charge is 0.454 e. The van der Waals surface area contributed by atoms with Crippen molar-refractivity contribution >= 4 is 0 Å². The first kappa shape index (κ1) is 15.7. The van der Waals surface area contributed by atoms with E-state index in [9.17, 15) is 0 Å². The van der Waals surface area contributed by atoms with Gasteiger partial charge in [-0.25, -0.2) is 0 Å². The SMILES string of the molecule is CCN(Cc1ccc2c(c1)OCO2)Cc1nnc(-c2ccccc2)o1. The topological polar surface area (TPSA) is 60.6 Å². The number of ether oxygens (including phenoxy) is 2. The Labute approximate surface area is 146 Å². The van der Waals surface area contributed by atoms with Crippen molar-refractivity contribution in [3.63, 3.8) is 0 Å². The summed E-state index contributed by atoms with van der Waals surface area (Å²) in [4.78, 5) is 2.24. The molecule has 0 saturated carbocycles. The Hall–Kier alpha value is -2.86. The molecular weight excluding hydrogens is 318 g/mol. The van der Waals surface area contributed by atoms with E-state index in [1.807, 2.05) is 42.5 Å². The van der Waals surface area contributed by atoms with Gasteiger partial charge in [-0.15, -0.1) is 10.2 Å². The minimum atomic E-state index is 0.292. The molecule has 128 valence electrons. The standard InChI is InChI=1S/C19H19N3O3/c1-2-22(11-14-8-9-16-17(10-14)24-13-23-16)12-18-20-21-19(25-18)15-6-4-3-5-7-15/h3-10H,2,11-13H2,1H3. The van der Waals surface area contributed by atoms with E-state index in [0.29, 0.717) is 25.1 Å². The van der Waals surface area contributed by atoms with E-state index in [1.54, 1.807) is 0 Å². The third-order valence-electron chi connectivity index (χ3n) is 4.14. The maximum atomic E-state index is 5.81. The summed E-state index contributed by atoms with van der Waals surface area (Å²) in [5.41, 5.74) is 2.09. The van der Waals surface area contributed by atoms with Crippen LogP contribution in [0.15, 0.2) is 52.9 Å². The molecular formula is C19H19N3O3. The van der Waals surface area contributed by atoms with Crippen LogP contribution in [0.1, 0.15) is 18.4 Å². The van der Waals surface area contributed by atoms with Crippen molar-refractivity contribution in [1.29, 1.82) is 0 Å². The van der Waals surface area contributed by atoms with E-state index < -0.39 is 0 Å². The van der Waals surface area contributed by atoms with Crippen LogP contribution in [0.4, 0.5) is 0 Å². The van der Waals surface area contributed by atoms with Gasteiger partial charge in [-0.3, -0.25) is 4.90 Å². The molecule has 0 radical (unpaired) electrons. The van der Waals surface area contributed by atoms with Crippen molar-refractivity contribution in [2.45, 2.75) is 20.0 Å². The second kappa shape index (κ2) is 6.94. The van der Waals surface area contributed by atoms with Gasteiger partial charge in [0.05, 0.1) is 6.54 Å². The number of benzene rings is 2. The minimum absolute atomic E-state index is 0.292. The number of hydrogen-bond donors (Lipinski definition) is 0. The zero-order chi connectivity index (χ0) is 17.1. The molecule has 4 rings (SSSR count). The Bertz CT molecular complexity index is 848. The first-order valence-corrected chi connectivity index (χ1v) is 8.30. The molecule has 0 fully saturated rings. The number of fused-ring (bicyclic) bond motifs is 1. The van der Waals surface area contributed by atoms with Gasteiger partial charge in [-0.05, 0) is 36.4 Å². The lowest BCUT2D eigenvalue weighted by molar-refractivity contribution is 0.174. The van der Waals surface area contributed by atoms with E-state index in [0.717, 1.165) is 35.7 Å². The van der Waals surface area contributed by atoms with Crippen molar-refractivity contribution in [1.82, 2.24) is 15.1 Å². The van der Waals surface area contributed by atoms with Gasteiger partial charge in [-0.2, -0.15) is 0 Å². The van der Waals surface area contributed by atoms with Crippen LogP contribution in [-0.2, 0) is 13.1 Å². The normalized spacial score (nSPS) is 12.7. The van der Waals surface area contributed by atoms with E-state index in [1.165, 1.54) is 0 Å². The van der Waals surface area contributed by atoms with Crippen molar-refractivity contribution in [3.05, 3.63) is 60.0 Å².